The van der Waals surface area contributed by atoms with Crippen LogP contribution in [0.3, 0.4) is 0 Å². The van der Waals surface area contributed by atoms with Crippen molar-refractivity contribution < 1.29 is 27.4 Å². The van der Waals surface area contributed by atoms with Crippen LogP contribution in [0.15, 0.2) is 30.3 Å². The van der Waals surface area contributed by atoms with E-state index in [1.165, 1.54) is 37.3 Å². The quantitative estimate of drug-likeness (QED) is 0.834. The number of halogens is 3. The van der Waals surface area contributed by atoms with Gasteiger partial charge in [-0.25, -0.2) is 4.79 Å². The van der Waals surface area contributed by atoms with Crippen molar-refractivity contribution in [2.45, 2.75) is 6.18 Å². The number of carbonyl (C=O) groups is 1. The van der Waals surface area contributed by atoms with Crippen LogP contribution in [0.25, 0.3) is 0 Å². The smallest absolute Gasteiger partial charge is 0.418 e. The van der Waals surface area contributed by atoms with Crippen molar-refractivity contribution in [1.29, 1.82) is 0 Å². The molecule has 1 N–H and O–H groups in total. The molecule has 0 spiro atoms. The molecular formula is C18H20F3N5O3. The number of aromatic nitrogens is 2. The highest BCUT2D eigenvalue weighted by Crippen LogP contribution is 2.34. The molecule has 0 radical (unpaired) electrons. The minimum Gasteiger partial charge on any atom is -0.481 e. The Hall–Kier alpha value is -3.24. The Morgan fingerprint density at radius 2 is 1.76 bits per heavy atom. The summed E-state index contributed by atoms with van der Waals surface area (Å²) in [4.78, 5) is 24.1. The van der Waals surface area contributed by atoms with Gasteiger partial charge in [0.2, 0.25) is 5.88 Å². The Morgan fingerprint density at radius 1 is 1.07 bits per heavy atom. The predicted molar refractivity (Wildman–Crippen MR) is 99.4 cm³/mol. The fourth-order valence-corrected chi connectivity index (χ4v) is 2.92. The summed E-state index contributed by atoms with van der Waals surface area (Å²) in [5.74, 6) is 0.923. The molecule has 156 valence electrons. The first-order valence-electron chi connectivity index (χ1n) is 8.76. The molecule has 29 heavy (non-hydrogen) atoms. The van der Waals surface area contributed by atoms with Gasteiger partial charge in [-0.3, -0.25) is 0 Å². The normalized spacial score (nSPS) is 14.5. The number of ether oxygens (including phenoxy) is 2. The summed E-state index contributed by atoms with van der Waals surface area (Å²) in [7, 11) is 2.92. The van der Waals surface area contributed by atoms with Gasteiger partial charge in [-0.2, -0.15) is 23.1 Å². The molecule has 1 fully saturated rings. The zero-order chi connectivity index (χ0) is 21.0. The number of amides is 2. The molecule has 11 heteroatoms. The van der Waals surface area contributed by atoms with Crippen LogP contribution in [-0.2, 0) is 6.18 Å². The zero-order valence-electron chi connectivity index (χ0n) is 15.9. The van der Waals surface area contributed by atoms with Crippen LogP contribution in [0.4, 0.5) is 29.5 Å². The Balaban J connectivity index is 1.65. The van der Waals surface area contributed by atoms with Gasteiger partial charge in [0.25, 0.3) is 0 Å². The number of nitrogens with one attached hydrogen (secondary N) is 1. The van der Waals surface area contributed by atoms with Gasteiger partial charge in [0, 0.05) is 32.2 Å². The van der Waals surface area contributed by atoms with Gasteiger partial charge in [-0.05, 0) is 12.1 Å². The van der Waals surface area contributed by atoms with Crippen LogP contribution in [0.2, 0.25) is 0 Å². The van der Waals surface area contributed by atoms with E-state index in [1.54, 1.807) is 6.07 Å². The van der Waals surface area contributed by atoms with E-state index in [4.69, 9.17) is 9.47 Å². The average Bonchev–Trinajstić information content (AvgIpc) is 2.73. The number of para-hydroxylation sites is 1. The number of piperazine rings is 1. The monoisotopic (exact) mass is 411 g/mol. The molecule has 8 nitrogen and oxygen atoms in total. The van der Waals surface area contributed by atoms with Gasteiger partial charge in [0.05, 0.1) is 25.5 Å². The molecule has 1 aromatic heterocycles. The Bertz CT molecular complexity index is 848. The molecule has 0 unspecified atom stereocenters. The van der Waals surface area contributed by atoms with E-state index in [0.29, 0.717) is 37.9 Å². The van der Waals surface area contributed by atoms with Gasteiger partial charge in [-0.15, -0.1) is 0 Å². The number of hydrogen-bond acceptors (Lipinski definition) is 6. The molecular weight excluding hydrogens is 391 g/mol. The lowest BCUT2D eigenvalue weighted by Gasteiger charge is -2.35. The first kappa shape index (κ1) is 20.5. The third-order valence-electron chi connectivity index (χ3n) is 4.43. The first-order valence-corrected chi connectivity index (χ1v) is 8.76. The molecule has 2 aromatic rings. The molecule has 2 heterocycles. The topological polar surface area (TPSA) is 79.8 Å². The van der Waals surface area contributed by atoms with Crippen LogP contribution in [0, 0.1) is 0 Å². The minimum atomic E-state index is -4.55. The summed E-state index contributed by atoms with van der Waals surface area (Å²) in [6.07, 6.45) is -4.55. The van der Waals surface area contributed by atoms with Crippen molar-refractivity contribution in [3.63, 3.8) is 0 Å². The zero-order valence-corrected chi connectivity index (χ0v) is 15.9. The van der Waals surface area contributed by atoms with E-state index in [1.807, 2.05) is 4.90 Å². The third-order valence-corrected chi connectivity index (χ3v) is 4.43. The van der Waals surface area contributed by atoms with Crippen molar-refractivity contribution >= 4 is 17.5 Å². The lowest BCUT2D eigenvalue weighted by Crippen LogP contribution is -2.50. The highest BCUT2D eigenvalue weighted by Gasteiger charge is 2.34. The summed E-state index contributed by atoms with van der Waals surface area (Å²) in [5.41, 5.74) is -1.15. The summed E-state index contributed by atoms with van der Waals surface area (Å²) in [5, 5.41) is 2.36. The molecule has 1 saturated heterocycles. The molecule has 1 aliphatic heterocycles. The maximum atomic E-state index is 13.1. The minimum absolute atomic E-state index is 0.156. The van der Waals surface area contributed by atoms with E-state index in [9.17, 15) is 18.0 Å². The number of methoxy groups -OCH3 is 2. The second kappa shape index (κ2) is 8.41. The summed E-state index contributed by atoms with van der Waals surface area (Å²) >= 11 is 0. The predicted octanol–water partition coefficient (Wildman–Crippen LogP) is 2.87. The highest BCUT2D eigenvalue weighted by molar-refractivity contribution is 5.90. The van der Waals surface area contributed by atoms with E-state index in [-0.39, 0.29) is 11.7 Å². The number of carbonyl (C=O) groups excluding carboxylic acids is 1. The number of benzene rings is 1. The second-order valence-corrected chi connectivity index (χ2v) is 6.20. The summed E-state index contributed by atoms with van der Waals surface area (Å²) in [6, 6.07) is 6.11. The van der Waals surface area contributed by atoms with Crippen molar-refractivity contribution in [3.05, 3.63) is 35.9 Å². The highest BCUT2D eigenvalue weighted by atomic mass is 19.4. The molecule has 2 amide bonds. The first-order chi connectivity index (χ1) is 13.8. The molecule has 0 saturated carbocycles. The third kappa shape index (κ3) is 4.79. The van der Waals surface area contributed by atoms with Crippen LogP contribution < -0.4 is 19.7 Å². The number of anilines is 2. The van der Waals surface area contributed by atoms with Crippen molar-refractivity contribution in [2.24, 2.45) is 0 Å². The molecule has 0 aliphatic carbocycles. The van der Waals surface area contributed by atoms with Crippen LogP contribution in [-0.4, -0.2) is 61.3 Å². The summed E-state index contributed by atoms with van der Waals surface area (Å²) in [6.45, 7) is 1.51. The van der Waals surface area contributed by atoms with E-state index < -0.39 is 17.8 Å². The lowest BCUT2D eigenvalue weighted by atomic mass is 10.1. The summed E-state index contributed by atoms with van der Waals surface area (Å²) < 4.78 is 49.5. The largest absolute Gasteiger partial charge is 0.481 e. The molecule has 0 atom stereocenters. The van der Waals surface area contributed by atoms with Crippen molar-refractivity contribution in [2.75, 3.05) is 50.6 Å². The molecule has 1 aromatic carbocycles. The van der Waals surface area contributed by atoms with E-state index in [2.05, 4.69) is 15.3 Å². The van der Waals surface area contributed by atoms with E-state index in [0.717, 1.165) is 6.07 Å². The van der Waals surface area contributed by atoms with Gasteiger partial charge in [-0.1, -0.05) is 12.1 Å². The molecule has 1 aliphatic rings. The second-order valence-electron chi connectivity index (χ2n) is 6.20. The van der Waals surface area contributed by atoms with Crippen molar-refractivity contribution in [1.82, 2.24) is 14.9 Å². The Kier molecular flexibility index (Phi) is 5.95. The van der Waals surface area contributed by atoms with Gasteiger partial charge in [0.15, 0.2) is 0 Å². The van der Waals surface area contributed by atoms with Crippen molar-refractivity contribution in [3.8, 4) is 11.9 Å². The fraction of sp³-hybridized carbons (Fsp3) is 0.389. The van der Waals surface area contributed by atoms with Crippen LogP contribution in [0.1, 0.15) is 5.56 Å². The van der Waals surface area contributed by atoms with Crippen LogP contribution >= 0.6 is 0 Å². The Labute approximate surface area is 165 Å². The standard InChI is InChI=1S/C18H20F3N5O3/c1-28-15-11-14(23-16(24-15)29-2)25-7-9-26(10-8-25)17(27)22-13-6-4-3-5-12(13)18(19,20)21/h3-6,11H,7-10H2,1-2H3,(H,22,27). The van der Waals surface area contributed by atoms with Gasteiger partial charge in [0.1, 0.15) is 5.82 Å². The number of urea groups is 1. The maximum Gasteiger partial charge on any atom is 0.418 e. The van der Waals surface area contributed by atoms with Crippen LogP contribution in [0.5, 0.6) is 11.9 Å². The molecule has 0 bridgehead atoms. The molecule has 3 rings (SSSR count). The lowest BCUT2D eigenvalue weighted by molar-refractivity contribution is -0.136. The fourth-order valence-electron chi connectivity index (χ4n) is 2.92. The SMILES string of the molecule is COc1cc(N2CCN(C(=O)Nc3ccccc3C(F)(F)F)CC2)nc(OC)n1. The number of rotatable bonds is 4. The van der Waals surface area contributed by atoms with Gasteiger partial charge >= 0.3 is 18.2 Å². The van der Waals surface area contributed by atoms with E-state index >= 15 is 0 Å². The number of alkyl halides is 3. The number of hydrogen-bond donors (Lipinski definition) is 1. The van der Waals surface area contributed by atoms with Gasteiger partial charge < -0.3 is 24.6 Å². The average molecular weight is 411 g/mol. The maximum absolute atomic E-state index is 13.1. The Morgan fingerprint density at radius 3 is 2.38 bits per heavy atom. The number of nitrogens with zero attached hydrogens (tertiary/aromatic N) is 4.